The fourth-order valence-electron chi connectivity index (χ4n) is 1.29. The molecule has 0 spiro atoms. The van der Waals surface area contributed by atoms with Crippen LogP contribution in [0.3, 0.4) is 0 Å². The molecule has 1 atom stereocenters. The van der Waals surface area contributed by atoms with Gasteiger partial charge < -0.3 is 15.9 Å². The van der Waals surface area contributed by atoms with E-state index < -0.39 is 18.0 Å². The molecule has 0 amide bonds. The Hall–Kier alpha value is -1.88. The SMILES string of the molecule is N[C@H](C(=O)O)c1ccccc1CC(=O)O. The van der Waals surface area contributed by atoms with Crippen LogP contribution < -0.4 is 5.73 Å². The molecule has 4 N–H and O–H groups in total. The second kappa shape index (κ2) is 4.56. The van der Waals surface area contributed by atoms with Crippen LogP contribution in [0.1, 0.15) is 17.2 Å². The first kappa shape index (κ1) is 11.2. The molecule has 0 aliphatic rings. The van der Waals surface area contributed by atoms with Crippen molar-refractivity contribution in [1.29, 1.82) is 0 Å². The molecule has 5 heteroatoms. The Labute approximate surface area is 86.1 Å². The zero-order valence-corrected chi connectivity index (χ0v) is 7.88. The van der Waals surface area contributed by atoms with E-state index in [4.69, 9.17) is 15.9 Å². The highest BCUT2D eigenvalue weighted by atomic mass is 16.4. The zero-order chi connectivity index (χ0) is 11.4. The molecule has 0 radical (unpaired) electrons. The van der Waals surface area contributed by atoms with Crippen molar-refractivity contribution in [2.45, 2.75) is 12.5 Å². The maximum Gasteiger partial charge on any atom is 0.325 e. The predicted octanol–water partition coefficient (Wildman–Crippen LogP) is 0.398. The van der Waals surface area contributed by atoms with E-state index >= 15 is 0 Å². The van der Waals surface area contributed by atoms with Gasteiger partial charge >= 0.3 is 11.9 Å². The summed E-state index contributed by atoms with van der Waals surface area (Å²) in [5.74, 6) is -2.19. The van der Waals surface area contributed by atoms with E-state index in [1.54, 1.807) is 18.2 Å². The van der Waals surface area contributed by atoms with Crippen LogP contribution in [-0.2, 0) is 16.0 Å². The lowest BCUT2D eigenvalue weighted by Gasteiger charge is -2.11. The monoisotopic (exact) mass is 209 g/mol. The third kappa shape index (κ3) is 2.78. The van der Waals surface area contributed by atoms with Gasteiger partial charge in [-0.25, -0.2) is 0 Å². The largest absolute Gasteiger partial charge is 0.481 e. The lowest BCUT2D eigenvalue weighted by Crippen LogP contribution is -2.22. The van der Waals surface area contributed by atoms with E-state index in [1.165, 1.54) is 6.07 Å². The van der Waals surface area contributed by atoms with Gasteiger partial charge in [0.1, 0.15) is 6.04 Å². The molecular formula is C10H11NO4. The molecule has 80 valence electrons. The van der Waals surface area contributed by atoms with E-state index in [0.717, 1.165) is 0 Å². The topological polar surface area (TPSA) is 101 Å². The normalized spacial score (nSPS) is 12.1. The smallest absolute Gasteiger partial charge is 0.325 e. The number of carbonyl (C=O) groups is 2. The third-order valence-electron chi connectivity index (χ3n) is 2.00. The van der Waals surface area contributed by atoms with Crippen LogP contribution in [0, 0.1) is 0 Å². The summed E-state index contributed by atoms with van der Waals surface area (Å²) in [6.07, 6.45) is -0.225. The summed E-state index contributed by atoms with van der Waals surface area (Å²) in [5, 5.41) is 17.3. The van der Waals surface area contributed by atoms with Gasteiger partial charge in [-0.05, 0) is 11.1 Å². The van der Waals surface area contributed by atoms with E-state index in [0.29, 0.717) is 11.1 Å². The van der Waals surface area contributed by atoms with E-state index in [-0.39, 0.29) is 6.42 Å². The van der Waals surface area contributed by atoms with Crippen LogP contribution in [0.4, 0.5) is 0 Å². The molecule has 5 nitrogen and oxygen atoms in total. The van der Waals surface area contributed by atoms with Crippen molar-refractivity contribution < 1.29 is 19.8 Å². The second-order valence-electron chi connectivity index (χ2n) is 3.09. The summed E-state index contributed by atoms with van der Waals surface area (Å²) >= 11 is 0. The highest BCUT2D eigenvalue weighted by Gasteiger charge is 2.18. The molecular weight excluding hydrogens is 198 g/mol. The minimum atomic E-state index is -1.18. The average molecular weight is 209 g/mol. The maximum absolute atomic E-state index is 10.7. The van der Waals surface area contributed by atoms with Crippen LogP contribution in [-0.4, -0.2) is 22.2 Å². The first-order valence-electron chi connectivity index (χ1n) is 4.30. The van der Waals surface area contributed by atoms with Crippen LogP contribution in [0.15, 0.2) is 24.3 Å². The molecule has 1 aromatic carbocycles. The number of aliphatic carboxylic acids is 2. The number of nitrogens with two attached hydrogens (primary N) is 1. The Bertz CT molecular complexity index is 389. The highest BCUT2D eigenvalue weighted by Crippen LogP contribution is 2.16. The number of carboxylic acid groups (broad SMARTS) is 2. The maximum atomic E-state index is 10.7. The average Bonchev–Trinajstić information content (AvgIpc) is 2.16. The van der Waals surface area contributed by atoms with E-state index in [9.17, 15) is 9.59 Å². The molecule has 0 fully saturated rings. The summed E-state index contributed by atoms with van der Waals surface area (Å²) < 4.78 is 0. The van der Waals surface area contributed by atoms with Crippen molar-refractivity contribution in [3.63, 3.8) is 0 Å². The van der Waals surface area contributed by atoms with Crippen molar-refractivity contribution in [2.75, 3.05) is 0 Å². The molecule has 0 saturated heterocycles. The molecule has 0 aliphatic carbocycles. The lowest BCUT2D eigenvalue weighted by atomic mass is 9.99. The number of hydrogen-bond acceptors (Lipinski definition) is 3. The molecule has 0 unspecified atom stereocenters. The Kier molecular flexibility index (Phi) is 3.41. The fourth-order valence-corrected chi connectivity index (χ4v) is 1.29. The third-order valence-corrected chi connectivity index (χ3v) is 2.00. The van der Waals surface area contributed by atoms with E-state index in [2.05, 4.69) is 0 Å². The fraction of sp³-hybridized carbons (Fsp3) is 0.200. The molecule has 0 aromatic heterocycles. The van der Waals surface area contributed by atoms with Crippen molar-refractivity contribution in [2.24, 2.45) is 5.73 Å². The molecule has 0 bridgehead atoms. The van der Waals surface area contributed by atoms with Gasteiger partial charge in [-0.15, -0.1) is 0 Å². The summed E-state index contributed by atoms with van der Waals surface area (Å²) in [5.41, 5.74) is 6.19. The number of carboxylic acids is 2. The minimum Gasteiger partial charge on any atom is -0.481 e. The zero-order valence-electron chi connectivity index (χ0n) is 7.88. The lowest BCUT2D eigenvalue weighted by molar-refractivity contribution is -0.139. The first-order chi connectivity index (χ1) is 7.02. The summed E-state index contributed by atoms with van der Waals surface area (Å²) in [6, 6.07) is 5.18. The summed E-state index contributed by atoms with van der Waals surface area (Å²) in [7, 11) is 0. The van der Waals surface area contributed by atoms with Crippen molar-refractivity contribution >= 4 is 11.9 Å². The molecule has 1 aromatic rings. The Morgan fingerprint density at radius 3 is 2.40 bits per heavy atom. The van der Waals surface area contributed by atoms with Crippen molar-refractivity contribution in [3.05, 3.63) is 35.4 Å². The predicted molar refractivity (Wildman–Crippen MR) is 52.3 cm³/mol. The van der Waals surface area contributed by atoms with Gasteiger partial charge in [-0.2, -0.15) is 0 Å². The van der Waals surface area contributed by atoms with Gasteiger partial charge in [-0.3, -0.25) is 9.59 Å². The van der Waals surface area contributed by atoms with Gasteiger partial charge in [0.25, 0.3) is 0 Å². The molecule has 15 heavy (non-hydrogen) atoms. The van der Waals surface area contributed by atoms with Gasteiger partial charge in [0.2, 0.25) is 0 Å². The number of rotatable bonds is 4. The van der Waals surface area contributed by atoms with Crippen LogP contribution >= 0.6 is 0 Å². The van der Waals surface area contributed by atoms with E-state index in [1.807, 2.05) is 0 Å². The van der Waals surface area contributed by atoms with Crippen LogP contribution in [0.5, 0.6) is 0 Å². The molecule has 0 heterocycles. The number of hydrogen-bond donors (Lipinski definition) is 3. The highest BCUT2D eigenvalue weighted by molar-refractivity contribution is 5.77. The van der Waals surface area contributed by atoms with Crippen molar-refractivity contribution in [1.82, 2.24) is 0 Å². The van der Waals surface area contributed by atoms with Gasteiger partial charge in [-0.1, -0.05) is 24.3 Å². The van der Waals surface area contributed by atoms with Gasteiger partial charge in [0.05, 0.1) is 6.42 Å². The van der Waals surface area contributed by atoms with Crippen LogP contribution in [0.2, 0.25) is 0 Å². The number of benzene rings is 1. The molecule has 0 saturated carbocycles. The Morgan fingerprint density at radius 1 is 1.27 bits per heavy atom. The van der Waals surface area contributed by atoms with Gasteiger partial charge in [0.15, 0.2) is 0 Å². The van der Waals surface area contributed by atoms with Crippen LogP contribution in [0.25, 0.3) is 0 Å². The van der Waals surface area contributed by atoms with Gasteiger partial charge in [0, 0.05) is 0 Å². The van der Waals surface area contributed by atoms with Crippen molar-refractivity contribution in [3.8, 4) is 0 Å². The Morgan fingerprint density at radius 2 is 1.87 bits per heavy atom. The summed E-state index contributed by atoms with van der Waals surface area (Å²) in [4.78, 5) is 21.2. The Balaban J connectivity index is 3.05. The molecule has 1 rings (SSSR count). The minimum absolute atomic E-state index is 0.225. The second-order valence-corrected chi connectivity index (χ2v) is 3.09. The standard InChI is InChI=1S/C10H11NO4/c11-9(10(14)15)7-4-2-1-3-6(7)5-8(12)13/h1-4,9H,5,11H2,(H,12,13)(H,14,15)/t9-/m0/s1. The summed E-state index contributed by atoms with van der Waals surface area (Å²) in [6.45, 7) is 0. The first-order valence-corrected chi connectivity index (χ1v) is 4.30. The molecule has 0 aliphatic heterocycles. The quantitative estimate of drug-likeness (QED) is 0.666.